The van der Waals surface area contributed by atoms with Gasteiger partial charge in [-0.25, -0.2) is 15.0 Å². The van der Waals surface area contributed by atoms with Gasteiger partial charge in [0.1, 0.15) is 20.8 Å². The predicted molar refractivity (Wildman–Crippen MR) is 73.5 cm³/mol. The van der Waals surface area contributed by atoms with Crippen LogP contribution in [0.3, 0.4) is 0 Å². The summed E-state index contributed by atoms with van der Waals surface area (Å²) in [4.78, 5) is 13.9. The highest BCUT2D eigenvalue weighted by Crippen LogP contribution is 2.27. The van der Waals surface area contributed by atoms with Crippen LogP contribution in [-0.4, -0.2) is 15.0 Å². The Labute approximate surface area is 110 Å². The fourth-order valence-electron chi connectivity index (χ4n) is 1.40. The predicted octanol–water partition coefficient (Wildman–Crippen LogP) is 3.02. The van der Waals surface area contributed by atoms with E-state index in [4.69, 9.17) is 5.73 Å². The molecule has 7 heteroatoms. The molecule has 0 spiro atoms. The van der Waals surface area contributed by atoms with Gasteiger partial charge >= 0.3 is 0 Å². The Morgan fingerprint density at radius 1 is 1.24 bits per heavy atom. The van der Waals surface area contributed by atoms with Crippen LogP contribution in [0.4, 0.5) is 5.82 Å². The molecule has 3 rings (SSSR count). The first kappa shape index (κ1) is 10.9. The topological polar surface area (TPSA) is 64.7 Å². The van der Waals surface area contributed by atoms with E-state index >= 15 is 0 Å². The van der Waals surface area contributed by atoms with Crippen molar-refractivity contribution in [1.29, 1.82) is 0 Å². The molecule has 0 aliphatic heterocycles. The highest BCUT2D eigenvalue weighted by Gasteiger charge is 2.07. The number of nitrogens with zero attached hydrogens (tertiary/aromatic N) is 3. The minimum Gasteiger partial charge on any atom is -0.383 e. The molecule has 3 heterocycles. The standard InChI is InChI=1S/C10H8N4S3/c11-8-6-1-3-15-9(6)14-7(13-8)5-17-10-12-2-4-16-10/h1-4H,5H2,(H2,11,13,14). The second-order valence-corrected chi connectivity index (χ2v) is 6.26. The van der Waals surface area contributed by atoms with Gasteiger partial charge in [0.05, 0.1) is 11.1 Å². The van der Waals surface area contributed by atoms with Crippen molar-refractivity contribution < 1.29 is 0 Å². The van der Waals surface area contributed by atoms with E-state index < -0.39 is 0 Å². The van der Waals surface area contributed by atoms with Crippen LogP contribution in [0, 0.1) is 0 Å². The first-order chi connectivity index (χ1) is 8.33. The first-order valence-corrected chi connectivity index (χ1v) is 7.59. The Bertz CT molecular complexity index is 632. The number of thiophene rings is 1. The molecule has 0 fully saturated rings. The van der Waals surface area contributed by atoms with E-state index in [-0.39, 0.29) is 0 Å². The van der Waals surface area contributed by atoms with Crippen LogP contribution in [0.1, 0.15) is 5.82 Å². The van der Waals surface area contributed by atoms with Crippen molar-refractivity contribution in [3.8, 4) is 0 Å². The number of thioether (sulfide) groups is 1. The van der Waals surface area contributed by atoms with Gasteiger partial charge in [-0.2, -0.15) is 0 Å². The molecule has 0 radical (unpaired) electrons. The quantitative estimate of drug-likeness (QED) is 0.747. The number of rotatable bonds is 3. The second-order valence-electron chi connectivity index (χ2n) is 3.25. The molecule has 86 valence electrons. The van der Waals surface area contributed by atoms with E-state index in [0.717, 1.165) is 20.4 Å². The molecule has 0 bridgehead atoms. The third kappa shape index (κ3) is 2.26. The molecule has 0 saturated heterocycles. The third-order valence-corrected chi connectivity index (χ3v) is 4.90. The maximum atomic E-state index is 5.88. The van der Waals surface area contributed by atoms with Gasteiger partial charge < -0.3 is 5.73 Å². The van der Waals surface area contributed by atoms with Gasteiger partial charge in [0.25, 0.3) is 0 Å². The lowest BCUT2D eigenvalue weighted by atomic mass is 10.4. The number of hydrogen-bond donors (Lipinski definition) is 1. The molecule has 0 aliphatic carbocycles. The lowest BCUT2D eigenvalue weighted by Crippen LogP contribution is -1.98. The fraction of sp³-hybridized carbons (Fsp3) is 0.100. The van der Waals surface area contributed by atoms with E-state index in [1.54, 1.807) is 40.6 Å². The summed E-state index contributed by atoms with van der Waals surface area (Å²) in [5, 5.41) is 4.88. The monoisotopic (exact) mass is 280 g/mol. The molecule has 0 aliphatic rings. The number of aromatic nitrogens is 3. The van der Waals surface area contributed by atoms with Gasteiger partial charge in [-0.1, -0.05) is 11.8 Å². The molecule has 0 unspecified atom stereocenters. The average molecular weight is 280 g/mol. The van der Waals surface area contributed by atoms with Crippen LogP contribution < -0.4 is 5.73 Å². The fourth-order valence-corrected chi connectivity index (χ4v) is 3.68. The summed E-state index contributed by atoms with van der Waals surface area (Å²) < 4.78 is 1.03. The summed E-state index contributed by atoms with van der Waals surface area (Å²) in [6, 6.07) is 1.95. The molecule has 0 saturated carbocycles. The largest absolute Gasteiger partial charge is 0.383 e. The Morgan fingerprint density at radius 3 is 3.00 bits per heavy atom. The average Bonchev–Trinajstić information content (AvgIpc) is 2.97. The first-order valence-electron chi connectivity index (χ1n) is 4.85. The molecule has 4 nitrogen and oxygen atoms in total. The summed E-state index contributed by atoms with van der Waals surface area (Å²) in [6.45, 7) is 0. The van der Waals surface area contributed by atoms with Gasteiger partial charge in [-0.3, -0.25) is 0 Å². The Kier molecular flexibility index (Phi) is 2.96. The summed E-state index contributed by atoms with van der Waals surface area (Å²) >= 11 is 4.84. The van der Waals surface area contributed by atoms with Crippen LogP contribution in [0.25, 0.3) is 10.2 Å². The summed E-state index contributed by atoms with van der Waals surface area (Å²) in [6.07, 6.45) is 1.80. The van der Waals surface area contributed by atoms with Gasteiger partial charge in [-0.15, -0.1) is 22.7 Å². The van der Waals surface area contributed by atoms with Crippen molar-refractivity contribution in [1.82, 2.24) is 15.0 Å². The lowest BCUT2D eigenvalue weighted by Gasteiger charge is -2.00. The van der Waals surface area contributed by atoms with Gasteiger partial charge in [0.15, 0.2) is 0 Å². The number of anilines is 1. The molecule has 0 aromatic carbocycles. The highest BCUT2D eigenvalue weighted by molar-refractivity contribution is 8.00. The van der Waals surface area contributed by atoms with Gasteiger partial charge in [-0.05, 0) is 11.4 Å². The van der Waals surface area contributed by atoms with E-state index in [0.29, 0.717) is 11.6 Å². The van der Waals surface area contributed by atoms with Crippen LogP contribution in [0.5, 0.6) is 0 Å². The number of nitrogen functional groups attached to an aromatic ring is 1. The number of fused-ring (bicyclic) bond motifs is 1. The van der Waals surface area contributed by atoms with Crippen LogP contribution in [0.2, 0.25) is 0 Å². The summed E-state index contributed by atoms with van der Waals surface area (Å²) in [5.41, 5.74) is 5.88. The highest BCUT2D eigenvalue weighted by atomic mass is 32.2. The lowest BCUT2D eigenvalue weighted by molar-refractivity contribution is 1.08. The molecule has 17 heavy (non-hydrogen) atoms. The smallest absolute Gasteiger partial charge is 0.150 e. The molecule has 0 amide bonds. The number of nitrogens with two attached hydrogens (primary N) is 1. The maximum Gasteiger partial charge on any atom is 0.150 e. The van der Waals surface area contributed by atoms with Crippen molar-refractivity contribution >= 4 is 50.5 Å². The van der Waals surface area contributed by atoms with Gasteiger partial charge in [0.2, 0.25) is 0 Å². The third-order valence-electron chi connectivity index (χ3n) is 2.14. The minimum atomic E-state index is 0.561. The zero-order valence-electron chi connectivity index (χ0n) is 8.66. The SMILES string of the molecule is Nc1nc(CSc2nccs2)nc2sccc12. The zero-order valence-corrected chi connectivity index (χ0v) is 11.1. The maximum absolute atomic E-state index is 5.88. The normalized spacial score (nSPS) is 11.1. The van der Waals surface area contributed by atoms with Crippen LogP contribution in [0.15, 0.2) is 27.4 Å². The van der Waals surface area contributed by atoms with Crippen LogP contribution in [-0.2, 0) is 5.75 Å². The summed E-state index contributed by atoms with van der Waals surface area (Å²) in [5.74, 6) is 2.02. The molecular formula is C10H8N4S3. The van der Waals surface area contributed by atoms with Crippen molar-refractivity contribution in [2.45, 2.75) is 10.1 Å². The molecule has 0 atom stereocenters. The zero-order chi connectivity index (χ0) is 11.7. The van der Waals surface area contributed by atoms with E-state index in [1.165, 1.54) is 0 Å². The molecule has 3 aromatic heterocycles. The molecule has 3 aromatic rings. The van der Waals surface area contributed by atoms with E-state index in [2.05, 4.69) is 15.0 Å². The Morgan fingerprint density at radius 2 is 2.18 bits per heavy atom. The van der Waals surface area contributed by atoms with Crippen molar-refractivity contribution in [3.63, 3.8) is 0 Å². The van der Waals surface area contributed by atoms with Crippen molar-refractivity contribution in [2.24, 2.45) is 0 Å². The molecule has 2 N–H and O–H groups in total. The van der Waals surface area contributed by atoms with Crippen molar-refractivity contribution in [2.75, 3.05) is 5.73 Å². The Hall–Kier alpha value is -1.18. The van der Waals surface area contributed by atoms with E-state index in [1.807, 2.05) is 16.8 Å². The number of hydrogen-bond acceptors (Lipinski definition) is 7. The minimum absolute atomic E-state index is 0.561. The number of thiazole rings is 1. The van der Waals surface area contributed by atoms with Crippen LogP contribution >= 0.6 is 34.4 Å². The Balaban J connectivity index is 1.85. The second kappa shape index (κ2) is 4.59. The van der Waals surface area contributed by atoms with E-state index in [9.17, 15) is 0 Å². The van der Waals surface area contributed by atoms with Gasteiger partial charge in [0, 0.05) is 11.6 Å². The van der Waals surface area contributed by atoms with Crippen molar-refractivity contribution in [3.05, 3.63) is 28.8 Å². The molecular weight excluding hydrogens is 272 g/mol. The summed E-state index contributed by atoms with van der Waals surface area (Å²) in [7, 11) is 0.